The van der Waals surface area contributed by atoms with Crippen LogP contribution in [0.3, 0.4) is 0 Å². The van der Waals surface area contributed by atoms with Crippen molar-refractivity contribution in [3.63, 3.8) is 0 Å². The van der Waals surface area contributed by atoms with Crippen molar-refractivity contribution in [1.29, 1.82) is 0 Å². The molecule has 1 fully saturated rings. The van der Waals surface area contributed by atoms with Gasteiger partial charge < -0.3 is 20.1 Å². The quantitative estimate of drug-likeness (QED) is 0.362. The summed E-state index contributed by atoms with van der Waals surface area (Å²) in [5, 5.41) is 31.2. The number of aliphatic carboxylic acids is 1. The van der Waals surface area contributed by atoms with Gasteiger partial charge in [0.2, 0.25) is 0 Å². The molecule has 6 heteroatoms. The van der Waals surface area contributed by atoms with Gasteiger partial charge in [-0.2, -0.15) is 0 Å². The number of carboxylic acids is 1. The lowest BCUT2D eigenvalue weighted by Gasteiger charge is -2.52. The molecule has 6 nitrogen and oxygen atoms in total. The second kappa shape index (κ2) is 11.3. The fourth-order valence-electron chi connectivity index (χ4n) is 6.25. The van der Waals surface area contributed by atoms with Gasteiger partial charge in [-0.15, -0.1) is 0 Å². The molecule has 3 N–H and O–H groups in total. The summed E-state index contributed by atoms with van der Waals surface area (Å²) >= 11 is 0. The molecule has 3 rings (SSSR count). The number of aliphatic hydroxyl groups excluding tert-OH is 2. The Morgan fingerprint density at radius 3 is 2.46 bits per heavy atom. The average molecular weight is 487 g/mol. The summed E-state index contributed by atoms with van der Waals surface area (Å²) in [6, 6.07) is 0. The van der Waals surface area contributed by atoms with E-state index < -0.39 is 23.6 Å². The predicted octanol–water partition coefficient (Wildman–Crippen LogP) is 4.83. The molecule has 0 aromatic heterocycles. The smallest absolute Gasteiger partial charge is 0.333 e. The molecule has 0 aromatic rings. The SMILES string of the molecule is CC1=CC2C(O)C(C)CCC2C2(C)C(=O)OC(C)CCC/C=C(\C(=O)O)C(O)C(C)/C=C/C=C/C12. The van der Waals surface area contributed by atoms with Crippen molar-refractivity contribution in [3.05, 3.63) is 47.6 Å². The van der Waals surface area contributed by atoms with Gasteiger partial charge in [0.25, 0.3) is 0 Å². The summed E-state index contributed by atoms with van der Waals surface area (Å²) in [4.78, 5) is 25.5. The topological polar surface area (TPSA) is 104 Å². The number of carbonyl (C=O) groups is 2. The van der Waals surface area contributed by atoms with Crippen LogP contribution in [0.1, 0.15) is 66.7 Å². The highest BCUT2D eigenvalue weighted by atomic mass is 16.5. The van der Waals surface area contributed by atoms with Crippen molar-refractivity contribution in [1.82, 2.24) is 0 Å². The van der Waals surface area contributed by atoms with E-state index in [1.165, 1.54) is 0 Å². The van der Waals surface area contributed by atoms with Crippen LogP contribution >= 0.6 is 0 Å². The molecule has 9 atom stereocenters. The number of aliphatic hydroxyl groups is 2. The Bertz CT molecular complexity index is 914. The van der Waals surface area contributed by atoms with Gasteiger partial charge in [-0.3, -0.25) is 4.79 Å². The highest BCUT2D eigenvalue weighted by molar-refractivity contribution is 5.87. The van der Waals surface area contributed by atoms with Crippen molar-refractivity contribution >= 4 is 11.9 Å². The maximum absolute atomic E-state index is 13.8. The summed E-state index contributed by atoms with van der Waals surface area (Å²) in [6.07, 6.45) is 12.8. The van der Waals surface area contributed by atoms with E-state index in [0.717, 1.165) is 18.4 Å². The Kier molecular flexibility index (Phi) is 8.81. The minimum Gasteiger partial charge on any atom is -0.478 e. The molecule has 0 bridgehead atoms. The highest BCUT2D eigenvalue weighted by Gasteiger charge is 2.56. The molecule has 194 valence electrons. The van der Waals surface area contributed by atoms with Crippen LogP contribution in [0.2, 0.25) is 0 Å². The van der Waals surface area contributed by atoms with Gasteiger partial charge in [0, 0.05) is 17.8 Å². The number of carboxylic acid groups (broad SMARTS) is 1. The Hall–Kier alpha value is -2.18. The summed E-state index contributed by atoms with van der Waals surface area (Å²) in [5.74, 6) is -1.82. The summed E-state index contributed by atoms with van der Waals surface area (Å²) in [5.41, 5.74) is 0.237. The van der Waals surface area contributed by atoms with Gasteiger partial charge in [-0.25, -0.2) is 4.79 Å². The molecule has 3 aliphatic rings. The summed E-state index contributed by atoms with van der Waals surface area (Å²) in [7, 11) is 0. The molecule has 9 unspecified atom stereocenters. The van der Waals surface area contributed by atoms with Crippen molar-refractivity contribution in [2.24, 2.45) is 35.0 Å². The van der Waals surface area contributed by atoms with E-state index in [-0.39, 0.29) is 47.2 Å². The molecule has 2 aliphatic carbocycles. The summed E-state index contributed by atoms with van der Waals surface area (Å²) in [6.45, 7) is 9.75. The van der Waals surface area contributed by atoms with E-state index in [2.05, 4.69) is 13.0 Å². The minimum atomic E-state index is -1.12. The van der Waals surface area contributed by atoms with Gasteiger partial charge in [0.15, 0.2) is 0 Å². The van der Waals surface area contributed by atoms with E-state index in [1.54, 1.807) is 19.1 Å². The van der Waals surface area contributed by atoms with Gasteiger partial charge in [-0.05, 0) is 64.7 Å². The largest absolute Gasteiger partial charge is 0.478 e. The van der Waals surface area contributed by atoms with Gasteiger partial charge >= 0.3 is 11.9 Å². The third-order valence-electron chi connectivity index (χ3n) is 8.56. The number of ether oxygens (including phenoxy) is 1. The second-order valence-electron chi connectivity index (χ2n) is 11.1. The van der Waals surface area contributed by atoms with E-state index in [9.17, 15) is 24.9 Å². The maximum atomic E-state index is 13.8. The first-order valence-corrected chi connectivity index (χ1v) is 13.0. The maximum Gasteiger partial charge on any atom is 0.333 e. The third kappa shape index (κ3) is 5.64. The molecule has 1 heterocycles. The molecule has 0 saturated heterocycles. The number of hydrogen-bond acceptors (Lipinski definition) is 5. The third-order valence-corrected chi connectivity index (χ3v) is 8.56. The van der Waals surface area contributed by atoms with Crippen LogP contribution in [0.5, 0.6) is 0 Å². The highest BCUT2D eigenvalue weighted by Crippen LogP contribution is 2.55. The van der Waals surface area contributed by atoms with Crippen LogP contribution in [0, 0.1) is 35.0 Å². The first-order chi connectivity index (χ1) is 16.5. The van der Waals surface area contributed by atoms with Crippen LogP contribution in [0.25, 0.3) is 0 Å². The molecular formula is C29H42O6. The average Bonchev–Trinajstić information content (AvgIpc) is 2.79. The molecule has 0 aromatic carbocycles. The molecule has 0 radical (unpaired) electrons. The monoisotopic (exact) mass is 486 g/mol. The number of hydrogen-bond donors (Lipinski definition) is 3. The molecular weight excluding hydrogens is 444 g/mol. The van der Waals surface area contributed by atoms with Gasteiger partial charge in [0.1, 0.15) is 0 Å². The van der Waals surface area contributed by atoms with E-state index in [4.69, 9.17) is 4.74 Å². The van der Waals surface area contributed by atoms with Crippen molar-refractivity contribution < 1.29 is 29.6 Å². The zero-order valence-electron chi connectivity index (χ0n) is 21.7. The first kappa shape index (κ1) is 27.4. The van der Waals surface area contributed by atoms with Crippen LogP contribution in [-0.2, 0) is 14.3 Å². The molecule has 35 heavy (non-hydrogen) atoms. The Morgan fingerprint density at radius 1 is 1.09 bits per heavy atom. The van der Waals surface area contributed by atoms with Crippen LogP contribution in [0.15, 0.2) is 47.6 Å². The van der Waals surface area contributed by atoms with E-state index in [1.807, 2.05) is 39.0 Å². The molecule has 1 saturated carbocycles. The molecule has 0 amide bonds. The fraction of sp³-hybridized carbons (Fsp3) is 0.655. The Morgan fingerprint density at radius 2 is 1.77 bits per heavy atom. The molecule has 0 spiro atoms. The Balaban J connectivity index is 2.01. The fourth-order valence-corrected chi connectivity index (χ4v) is 6.25. The van der Waals surface area contributed by atoms with Gasteiger partial charge in [-0.1, -0.05) is 55.9 Å². The number of allylic oxidation sites excluding steroid dienone is 5. The lowest BCUT2D eigenvalue weighted by atomic mass is 9.52. The van der Waals surface area contributed by atoms with Crippen LogP contribution in [0.4, 0.5) is 0 Å². The normalized spacial score (nSPS) is 44.5. The van der Waals surface area contributed by atoms with Crippen molar-refractivity contribution in [2.45, 2.75) is 85.0 Å². The van der Waals surface area contributed by atoms with Crippen LogP contribution in [-0.4, -0.2) is 45.6 Å². The summed E-state index contributed by atoms with van der Waals surface area (Å²) < 4.78 is 6.01. The number of cyclic esters (lactones) is 1. The lowest BCUT2D eigenvalue weighted by Crippen LogP contribution is -2.54. The number of rotatable bonds is 1. The number of esters is 1. The van der Waals surface area contributed by atoms with Crippen LogP contribution < -0.4 is 0 Å². The first-order valence-electron chi connectivity index (χ1n) is 13.0. The molecule has 1 aliphatic heterocycles. The van der Waals surface area contributed by atoms with E-state index in [0.29, 0.717) is 19.3 Å². The van der Waals surface area contributed by atoms with Crippen molar-refractivity contribution in [3.8, 4) is 0 Å². The van der Waals surface area contributed by atoms with E-state index >= 15 is 0 Å². The zero-order chi connectivity index (χ0) is 25.9. The zero-order valence-corrected chi connectivity index (χ0v) is 21.7. The Labute approximate surface area is 209 Å². The van der Waals surface area contributed by atoms with Crippen molar-refractivity contribution in [2.75, 3.05) is 0 Å². The second-order valence-corrected chi connectivity index (χ2v) is 11.1. The number of fused-ring (bicyclic) bond motifs is 3. The predicted molar refractivity (Wildman–Crippen MR) is 135 cm³/mol. The van der Waals surface area contributed by atoms with Gasteiger partial charge in [0.05, 0.1) is 29.3 Å². The standard InChI is InChI=1S/C29H42O6/c1-17-10-6-9-13-23-19(3)16-22-24(15-14-18(2)26(22)31)29(23,5)28(34)35-20(4)11-7-8-12-21(25(17)30)27(32)33/h6,9-10,12-13,16-18,20,22-26,30-31H,7-8,11,14-15H2,1-5H3,(H,32,33)/b10-6+,13-9+,21-12-. The minimum absolute atomic E-state index is 0.00219. The number of carbonyl (C=O) groups excluding carboxylic acids is 1. The lowest BCUT2D eigenvalue weighted by molar-refractivity contribution is -0.172.